The van der Waals surface area contributed by atoms with E-state index in [1.165, 1.54) is 11.6 Å². The molecule has 1 aromatic heterocycles. The number of nitrogens with one attached hydrogen (secondary N) is 1. The molecule has 114 valence electrons. The van der Waals surface area contributed by atoms with Crippen LogP contribution < -0.4 is 5.32 Å². The average molecular weight is 299 g/mol. The minimum Gasteiger partial charge on any atom is -0.383 e. The fraction of sp³-hybridized carbons (Fsp3) is 0.312. The van der Waals surface area contributed by atoms with Gasteiger partial charge in [0.15, 0.2) is 0 Å². The van der Waals surface area contributed by atoms with E-state index in [1.54, 1.807) is 24.4 Å². The number of fused-ring (bicyclic) bond motifs is 1. The van der Waals surface area contributed by atoms with Gasteiger partial charge in [0.25, 0.3) is 5.69 Å². The van der Waals surface area contributed by atoms with Crippen molar-refractivity contribution in [1.82, 2.24) is 4.98 Å². The molecule has 0 saturated heterocycles. The molecule has 0 radical (unpaired) electrons. The third-order valence-electron chi connectivity index (χ3n) is 3.76. The van der Waals surface area contributed by atoms with Gasteiger partial charge in [-0.15, -0.1) is 0 Å². The summed E-state index contributed by atoms with van der Waals surface area (Å²) in [5.41, 5.74) is 2.94. The van der Waals surface area contributed by atoms with Crippen molar-refractivity contribution in [1.29, 1.82) is 0 Å². The predicted molar refractivity (Wildman–Crippen MR) is 85.0 cm³/mol. The average Bonchev–Trinajstić information content (AvgIpc) is 2.55. The molecule has 6 nitrogen and oxygen atoms in total. The van der Waals surface area contributed by atoms with Gasteiger partial charge < -0.3 is 10.1 Å². The number of non-ortho nitro benzene ring substituents is 1. The monoisotopic (exact) mass is 299 g/mol. The summed E-state index contributed by atoms with van der Waals surface area (Å²) in [6, 6.07) is 6.70. The molecule has 1 aromatic carbocycles. The Morgan fingerprint density at radius 2 is 2.27 bits per heavy atom. The van der Waals surface area contributed by atoms with E-state index in [0.29, 0.717) is 17.5 Å². The Kier molecular flexibility index (Phi) is 4.29. The van der Waals surface area contributed by atoms with E-state index < -0.39 is 0 Å². The molecule has 1 aliphatic rings. The lowest BCUT2D eigenvalue weighted by Gasteiger charge is -2.14. The number of nitrogens with zero attached hydrogens (tertiary/aromatic N) is 2. The highest BCUT2D eigenvalue weighted by Crippen LogP contribution is 2.29. The van der Waals surface area contributed by atoms with E-state index in [-0.39, 0.29) is 10.6 Å². The van der Waals surface area contributed by atoms with Crippen LogP contribution in [0.15, 0.2) is 42.1 Å². The Hall–Kier alpha value is -2.47. The maximum absolute atomic E-state index is 11.1. The number of aromatic nitrogens is 1. The molecule has 1 N–H and O–H groups in total. The Morgan fingerprint density at radius 1 is 1.36 bits per heavy atom. The van der Waals surface area contributed by atoms with Crippen LogP contribution in [0.3, 0.4) is 0 Å². The van der Waals surface area contributed by atoms with Gasteiger partial charge >= 0.3 is 0 Å². The quantitative estimate of drug-likeness (QED) is 0.521. The third kappa shape index (κ3) is 3.07. The fourth-order valence-electron chi connectivity index (χ4n) is 2.61. The van der Waals surface area contributed by atoms with Crippen LogP contribution in [-0.4, -0.2) is 29.7 Å². The van der Waals surface area contributed by atoms with Gasteiger partial charge in [-0.3, -0.25) is 15.1 Å². The number of nitro groups is 1. The Balaban J connectivity index is 1.78. The largest absolute Gasteiger partial charge is 0.383 e. The number of nitro benzene ring substituents is 1. The summed E-state index contributed by atoms with van der Waals surface area (Å²) in [5.74, 6) is 0. The normalized spacial score (nSPS) is 14.6. The van der Waals surface area contributed by atoms with Crippen LogP contribution in [0.4, 0.5) is 11.4 Å². The molecule has 1 aliphatic heterocycles. The summed E-state index contributed by atoms with van der Waals surface area (Å²) in [5, 5.41) is 15.0. The Bertz CT molecular complexity index is 728. The fourth-order valence-corrected chi connectivity index (χ4v) is 2.61. The predicted octanol–water partition coefficient (Wildman–Crippen LogP) is 3.29. The van der Waals surface area contributed by atoms with Gasteiger partial charge in [0.2, 0.25) is 0 Å². The van der Waals surface area contributed by atoms with Gasteiger partial charge in [-0.25, -0.2) is 0 Å². The molecule has 0 bridgehead atoms. The van der Waals surface area contributed by atoms with Crippen LogP contribution in [-0.2, 0) is 4.74 Å². The van der Waals surface area contributed by atoms with Gasteiger partial charge in [0.1, 0.15) is 5.52 Å². The summed E-state index contributed by atoms with van der Waals surface area (Å²) in [6.45, 7) is 2.25. The van der Waals surface area contributed by atoms with Crippen molar-refractivity contribution in [2.24, 2.45) is 0 Å². The number of hydrogen-bond acceptors (Lipinski definition) is 5. The van der Waals surface area contributed by atoms with Crippen LogP contribution in [0.25, 0.3) is 10.9 Å². The first-order chi connectivity index (χ1) is 10.8. The highest BCUT2D eigenvalue weighted by molar-refractivity contribution is 5.96. The summed E-state index contributed by atoms with van der Waals surface area (Å²) >= 11 is 0. The summed E-state index contributed by atoms with van der Waals surface area (Å²) in [6.07, 6.45) is 5.69. The van der Waals surface area contributed by atoms with E-state index in [1.807, 2.05) is 0 Å². The highest BCUT2D eigenvalue weighted by atomic mass is 16.6. The van der Waals surface area contributed by atoms with Crippen LogP contribution in [0.5, 0.6) is 0 Å². The lowest BCUT2D eigenvalue weighted by Crippen LogP contribution is -2.09. The molecule has 0 unspecified atom stereocenters. The molecule has 3 rings (SSSR count). The van der Waals surface area contributed by atoms with Crippen LogP contribution in [0, 0.1) is 10.1 Å². The molecule has 0 aliphatic carbocycles. The smallest absolute Gasteiger partial charge is 0.278 e. The first-order valence-electron chi connectivity index (χ1n) is 7.27. The molecule has 0 amide bonds. The van der Waals surface area contributed by atoms with E-state index in [0.717, 1.165) is 31.7 Å². The molecule has 0 fully saturated rings. The first-order valence-corrected chi connectivity index (χ1v) is 7.27. The third-order valence-corrected chi connectivity index (χ3v) is 3.76. The maximum atomic E-state index is 11.1. The maximum Gasteiger partial charge on any atom is 0.278 e. The van der Waals surface area contributed by atoms with Crippen molar-refractivity contribution >= 4 is 22.3 Å². The van der Waals surface area contributed by atoms with E-state index >= 15 is 0 Å². The van der Waals surface area contributed by atoms with E-state index in [9.17, 15) is 10.1 Å². The van der Waals surface area contributed by atoms with Crippen molar-refractivity contribution in [2.75, 3.05) is 25.1 Å². The minimum absolute atomic E-state index is 0.0841. The lowest BCUT2D eigenvalue weighted by molar-refractivity contribution is -0.383. The number of hydrogen-bond donors (Lipinski definition) is 1. The van der Waals surface area contributed by atoms with E-state index in [4.69, 9.17) is 4.74 Å². The second kappa shape index (κ2) is 6.53. The number of pyridine rings is 1. The van der Waals surface area contributed by atoms with Crippen molar-refractivity contribution < 1.29 is 9.66 Å². The lowest BCUT2D eigenvalue weighted by atomic mass is 10.1. The molecule has 0 spiro atoms. The summed E-state index contributed by atoms with van der Waals surface area (Å²) < 4.78 is 5.29. The van der Waals surface area contributed by atoms with Crippen molar-refractivity contribution in [3.63, 3.8) is 0 Å². The molecular weight excluding hydrogens is 282 g/mol. The van der Waals surface area contributed by atoms with Crippen LogP contribution in [0.1, 0.15) is 12.8 Å². The zero-order valence-corrected chi connectivity index (χ0v) is 12.1. The van der Waals surface area contributed by atoms with Crippen LogP contribution >= 0.6 is 0 Å². The van der Waals surface area contributed by atoms with Gasteiger partial charge in [-0.05, 0) is 31.0 Å². The second-order valence-electron chi connectivity index (χ2n) is 5.15. The van der Waals surface area contributed by atoms with Gasteiger partial charge in [0.05, 0.1) is 29.2 Å². The molecule has 2 aromatic rings. The number of ether oxygens (including phenoxy) is 1. The van der Waals surface area contributed by atoms with Crippen molar-refractivity contribution in [2.45, 2.75) is 12.8 Å². The standard InChI is InChI=1S/C16H17N3O3/c20-19(21)15-4-3-14(16-13(15)2-1-8-18-16)17-9-5-12-6-10-22-11-7-12/h1-4,6,8,17H,5,7,9-11H2. The zero-order valence-electron chi connectivity index (χ0n) is 12.1. The van der Waals surface area contributed by atoms with Gasteiger partial charge in [-0.1, -0.05) is 11.6 Å². The van der Waals surface area contributed by atoms with E-state index in [2.05, 4.69) is 16.4 Å². The number of benzene rings is 1. The molecular formula is C16H17N3O3. The number of anilines is 1. The Labute approximate surface area is 128 Å². The molecule has 0 atom stereocenters. The van der Waals surface area contributed by atoms with Crippen LogP contribution in [0.2, 0.25) is 0 Å². The SMILES string of the molecule is O=[N+]([O-])c1ccc(NCCC2=CCOCC2)c2ncccc12. The summed E-state index contributed by atoms with van der Waals surface area (Å²) in [4.78, 5) is 15.0. The molecule has 0 saturated carbocycles. The van der Waals surface area contributed by atoms with Gasteiger partial charge in [0, 0.05) is 18.8 Å². The topological polar surface area (TPSA) is 77.3 Å². The molecule has 22 heavy (non-hydrogen) atoms. The highest BCUT2D eigenvalue weighted by Gasteiger charge is 2.14. The van der Waals surface area contributed by atoms with Crippen molar-refractivity contribution in [3.8, 4) is 0 Å². The summed E-state index contributed by atoms with van der Waals surface area (Å²) in [7, 11) is 0. The first kappa shape index (κ1) is 14.5. The zero-order chi connectivity index (χ0) is 15.4. The second-order valence-corrected chi connectivity index (χ2v) is 5.15. The molecule has 6 heteroatoms. The number of rotatable bonds is 5. The Morgan fingerprint density at radius 3 is 3.05 bits per heavy atom. The van der Waals surface area contributed by atoms with Crippen molar-refractivity contribution in [3.05, 3.63) is 52.2 Å². The molecule has 2 heterocycles. The van der Waals surface area contributed by atoms with Gasteiger partial charge in [-0.2, -0.15) is 0 Å². The minimum atomic E-state index is -0.374.